The van der Waals surface area contributed by atoms with Crippen LogP contribution in [-0.2, 0) is 23.4 Å². The highest BCUT2D eigenvalue weighted by Crippen LogP contribution is 2.49. The second kappa shape index (κ2) is 27.6. The average Bonchev–Trinajstić information content (AvgIpc) is 3.70. The third-order valence-corrected chi connectivity index (χ3v) is 27.0. The lowest BCUT2D eigenvalue weighted by Crippen LogP contribution is -2.65. The maximum absolute atomic E-state index is 14.7. The van der Waals surface area contributed by atoms with E-state index in [4.69, 9.17) is 38.4 Å². The number of allylic oxidation sites excluding steroid dienone is 1. The summed E-state index contributed by atoms with van der Waals surface area (Å²) in [6, 6.07) is 35.0. The molecule has 1 N–H and O–H groups in total. The van der Waals surface area contributed by atoms with Gasteiger partial charge < -0.3 is 37.6 Å². The summed E-state index contributed by atoms with van der Waals surface area (Å²) in [5.41, 5.74) is 9.93. The summed E-state index contributed by atoms with van der Waals surface area (Å²) in [7, 11) is -5.68. The molecule has 2 unspecified atom stereocenters. The smallest absolute Gasteiger partial charge is 0.342 e. The van der Waals surface area contributed by atoms with Crippen LogP contribution < -0.4 is 19.8 Å². The molecule has 1 aliphatic heterocycles. The zero-order valence-corrected chi connectivity index (χ0v) is 52.1. The van der Waals surface area contributed by atoms with Crippen molar-refractivity contribution in [2.24, 2.45) is 17.0 Å². The first kappa shape index (κ1) is 62.6. The van der Waals surface area contributed by atoms with Gasteiger partial charge in [0, 0.05) is 42.3 Å². The fraction of sp³-hybridized carbons (Fsp3) is 0.550. The molecule has 0 amide bonds. The number of benzene rings is 4. The van der Waals surface area contributed by atoms with Crippen molar-refractivity contribution in [1.82, 2.24) is 0 Å². The van der Waals surface area contributed by atoms with E-state index >= 15 is 0 Å². The molecule has 76 heavy (non-hydrogen) atoms. The molecule has 4 aromatic rings. The molecule has 1 fully saturated rings. The van der Waals surface area contributed by atoms with Gasteiger partial charge in [-0.2, -0.15) is 0 Å². The van der Waals surface area contributed by atoms with E-state index in [1.54, 1.807) is 24.9 Å². The average molecular weight is 1110 g/mol. The van der Waals surface area contributed by atoms with E-state index in [2.05, 4.69) is 140 Å². The van der Waals surface area contributed by atoms with Crippen LogP contribution in [0.2, 0.25) is 48.9 Å². The van der Waals surface area contributed by atoms with Gasteiger partial charge in [0.2, 0.25) is 0 Å². The minimum absolute atomic E-state index is 0.0783. The van der Waals surface area contributed by atoms with E-state index in [1.807, 2.05) is 74.5 Å². The molecule has 0 spiro atoms. The molecule has 0 aliphatic carbocycles. The van der Waals surface area contributed by atoms with Gasteiger partial charge in [-0.15, -0.1) is 11.8 Å². The van der Waals surface area contributed by atoms with Gasteiger partial charge in [-0.3, -0.25) is 0 Å². The first-order valence-electron chi connectivity index (χ1n) is 27.1. The number of ether oxygens (including phenoxy) is 6. The predicted octanol–water partition coefficient (Wildman–Crippen LogP) is 14.5. The van der Waals surface area contributed by atoms with Crippen molar-refractivity contribution in [3.8, 4) is 11.5 Å². The normalized spacial score (nSPS) is 17.9. The minimum atomic E-state index is -3.24. The number of hydrogen-bond acceptors (Lipinski definition) is 11. The highest BCUT2D eigenvalue weighted by atomic mass is 32.2. The Labute approximate surface area is 462 Å². The van der Waals surface area contributed by atoms with Gasteiger partial charge in [-0.25, -0.2) is 4.79 Å². The SMILES string of the molecule is COCOc1ccc(OCCCN=[N+]=[N-])c(C(CC[C@@H]2OC(C)(C)O[C@@H]2C(/C=C\[C@@H](C)[C@H](C)CC(C)(C)[Si](O)(c2ccccc2)c2ccccc2)O[Si](C)(C)C(C)(C)C)Sc2ccccc2)c1C(=O)OCC[Si](C)(C)C. The molecule has 0 aromatic heterocycles. The Morgan fingerprint density at radius 3 is 2.00 bits per heavy atom. The van der Waals surface area contributed by atoms with Crippen molar-refractivity contribution in [3.63, 3.8) is 0 Å². The second-order valence-corrected chi connectivity index (χ2v) is 39.8. The van der Waals surface area contributed by atoms with Gasteiger partial charge in [0.15, 0.2) is 20.9 Å². The molecule has 416 valence electrons. The second-order valence-electron chi connectivity index (χ2n) is 24.2. The molecule has 6 atom stereocenters. The Kier molecular flexibility index (Phi) is 22.7. The minimum Gasteiger partial charge on any atom is -0.493 e. The Morgan fingerprint density at radius 1 is 0.842 bits per heavy atom. The van der Waals surface area contributed by atoms with Crippen molar-refractivity contribution < 1.29 is 42.4 Å². The summed E-state index contributed by atoms with van der Waals surface area (Å²) in [4.78, 5) is 31.7. The topological polar surface area (TPSA) is 151 Å². The molecule has 12 nitrogen and oxygen atoms in total. The summed E-state index contributed by atoms with van der Waals surface area (Å²) >= 11 is 1.64. The number of esters is 1. The molecule has 0 radical (unpaired) electrons. The highest BCUT2D eigenvalue weighted by Gasteiger charge is 2.51. The quantitative estimate of drug-likeness (QED) is 0.00640. The van der Waals surface area contributed by atoms with Crippen molar-refractivity contribution in [3.05, 3.63) is 137 Å². The Bertz CT molecular complexity index is 2480. The Balaban J connectivity index is 1.56. The van der Waals surface area contributed by atoms with E-state index in [-0.39, 0.29) is 54.2 Å². The van der Waals surface area contributed by atoms with Crippen LogP contribution in [0.5, 0.6) is 11.5 Å². The van der Waals surface area contributed by atoms with Crippen molar-refractivity contribution in [2.75, 3.05) is 33.7 Å². The molecule has 1 aliphatic rings. The molecule has 1 heterocycles. The number of thioether (sulfide) groups is 1. The lowest BCUT2D eigenvalue weighted by atomic mass is 9.87. The molecular formula is C60H89N3O9SSi3. The van der Waals surface area contributed by atoms with E-state index in [0.29, 0.717) is 36.3 Å². The molecule has 5 rings (SSSR count). The largest absolute Gasteiger partial charge is 0.493 e. The molecular weight excluding hydrogens is 1020 g/mol. The van der Waals surface area contributed by atoms with Crippen LogP contribution in [-0.4, -0.2) is 93.2 Å². The first-order valence-corrected chi connectivity index (χ1v) is 36.5. The molecule has 0 bridgehead atoms. The fourth-order valence-electron chi connectivity index (χ4n) is 9.62. The van der Waals surface area contributed by atoms with Crippen molar-refractivity contribution >= 4 is 52.8 Å². The lowest BCUT2D eigenvalue weighted by Gasteiger charge is -2.43. The van der Waals surface area contributed by atoms with Crippen LogP contribution in [0.25, 0.3) is 10.4 Å². The van der Waals surface area contributed by atoms with Crippen LogP contribution in [0.4, 0.5) is 0 Å². The summed E-state index contributed by atoms with van der Waals surface area (Å²) in [5, 5.41) is 4.85. The zero-order valence-electron chi connectivity index (χ0n) is 48.3. The first-order chi connectivity index (χ1) is 35.7. The number of hydrogen-bond donors (Lipinski definition) is 1. The third kappa shape index (κ3) is 17.1. The molecule has 4 aromatic carbocycles. The van der Waals surface area contributed by atoms with Crippen LogP contribution in [0.1, 0.15) is 109 Å². The van der Waals surface area contributed by atoms with E-state index in [9.17, 15) is 9.59 Å². The van der Waals surface area contributed by atoms with Crippen LogP contribution >= 0.6 is 11.8 Å². The lowest BCUT2D eigenvalue weighted by molar-refractivity contribution is -0.152. The summed E-state index contributed by atoms with van der Waals surface area (Å²) in [6.45, 7) is 31.8. The number of carbonyl (C=O) groups excluding carboxylic acids is 1. The van der Waals surface area contributed by atoms with E-state index in [0.717, 1.165) is 27.7 Å². The summed E-state index contributed by atoms with van der Waals surface area (Å²) < 4.78 is 45.6. The fourth-order valence-corrected chi connectivity index (χ4v) is 16.7. The van der Waals surface area contributed by atoms with E-state index in [1.165, 1.54) is 0 Å². The number of nitrogens with zero attached hydrogens (tertiary/aromatic N) is 3. The molecule has 0 saturated carbocycles. The monoisotopic (exact) mass is 1110 g/mol. The molecule has 16 heteroatoms. The van der Waals surface area contributed by atoms with Gasteiger partial charge in [0.05, 0.1) is 25.4 Å². The number of azide groups is 1. The van der Waals surface area contributed by atoms with Gasteiger partial charge in [-0.05, 0) is 121 Å². The summed E-state index contributed by atoms with van der Waals surface area (Å²) in [5.74, 6) is -0.252. The Hall–Kier alpha value is -4.20. The molecule has 1 saturated heterocycles. The van der Waals surface area contributed by atoms with Crippen LogP contribution in [0.3, 0.4) is 0 Å². The Morgan fingerprint density at radius 2 is 1.43 bits per heavy atom. The van der Waals surface area contributed by atoms with Crippen molar-refractivity contribution in [2.45, 2.75) is 171 Å². The van der Waals surface area contributed by atoms with Gasteiger partial charge >= 0.3 is 5.97 Å². The summed E-state index contributed by atoms with van der Waals surface area (Å²) in [6.07, 6.45) is 5.52. The maximum atomic E-state index is 14.7. The number of rotatable bonds is 29. The predicted molar refractivity (Wildman–Crippen MR) is 318 cm³/mol. The number of methoxy groups -OCH3 is 1. The van der Waals surface area contributed by atoms with Crippen LogP contribution in [0.15, 0.2) is 125 Å². The van der Waals surface area contributed by atoms with Gasteiger partial charge in [0.1, 0.15) is 23.2 Å². The van der Waals surface area contributed by atoms with Gasteiger partial charge in [0.25, 0.3) is 8.32 Å². The maximum Gasteiger partial charge on any atom is 0.342 e. The highest BCUT2D eigenvalue weighted by molar-refractivity contribution is 7.99. The third-order valence-electron chi connectivity index (χ3n) is 15.0. The van der Waals surface area contributed by atoms with Crippen molar-refractivity contribution in [1.29, 1.82) is 0 Å². The van der Waals surface area contributed by atoms with Gasteiger partial charge in [-0.1, -0.05) is 164 Å². The van der Waals surface area contributed by atoms with Crippen LogP contribution in [0, 0.1) is 11.8 Å². The zero-order chi connectivity index (χ0) is 56.0. The number of carbonyl (C=O) groups is 1. The van der Waals surface area contributed by atoms with E-state index < -0.39 is 59.8 Å². The standard InChI is InChI=1S/C60H89N3O9SSi3/c1-44(45(2)42-59(6,7)76(65,47-28-21-17-22-29-47)48-30-23-18-24-31-48)32-33-52(72-75(14,15)58(3,4)5)56-51(70-60(8,9)71-56)36-37-53(73-46-26-19-16-20-27-46)54-49(67-39-25-38-62-63-61)34-35-50(69-43-66-10)55(54)57(64)68-40-41-74(11,12)13/h16-24,26-35,44-45,51-53,56,65H,25,36-43H2,1-15H3/b33-32-/t44-,45-,51+,52?,53?,56+/m1/s1.